The Labute approximate surface area is 93.4 Å². The van der Waals surface area contributed by atoms with Crippen molar-refractivity contribution < 1.29 is 39.0 Å². The van der Waals surface area contributed by atoms with E-state index in [1.807, 2.05) is 0 Å². The number of carbonyl (C=O) groups excluding carboxylic acids is 1. The maximum Gasteiger partial charge on any atom is 1.00 e. The summed E-state index contributed by atoms with van der Waals surface area (Å²) in [7, 11) is 0. The number of hydrogen-bond acceptors (Lipinski definition) is 4. The molecule has 0 aliphatic carbocycles. The van der Waals surface area contributed by atoms with E-state index >= 15 is 0 Å². The zero-order valence-electron chi connectivity index (χ0n) is 7.80. The summed E-state index contributed by atoms with van der Waals surface area (Å²) >= 11 is 0. The number of aliphatic hydroxyl groups excluding tert-OH is 1. The molecule has 0 saturated heterocycles. The van der Waals surface area contributed by atoms with E-state index in [-0.39, 0.29) is 24.4 Å². The average Bonchev–Trinajstić information content (AvgIpc) is 2.17. The maximum absolute atomic E-state index is 10.5. The maximum atomic E-state index is 10.5. The predicted molar refractivity (Wildman–Crippen MR) is 42.4 cm³/mol. The Balaban J connectivity index is 0.00000169. The SMILES string of the molecule is O=C([O-])C(O)(CO)c1ccccc1.[Li+]. The van der Waals surface area contributed by atoms with Crippen molar-refractivity contribution in [3.8, 4) is 0 Å². The Hall–Kier alpha value is -0.793. The minimum atomic E-state index is -2.30. The van der Waals surface area contributed by atoms with Gasteiger partial charge in [0.2, 0.25) is 0 Å². The molecule has 4 nitrogen and oxygen atoms in total. The number of aliphatic carboxylic acids is 1. The van der Waals surface area contributed by atoms with Gasteiger partial charge in [-0.05, 0) is 5.56 Å². The molecule has 0 saturated carbocycles. The molecule has 0 aliphatic rings. The van der Waals surface area contributed by atoms with Crippen LogP contribution in [0.2, 0.25) is 0 Å². The molecule has 2 N–H and O–H groups in total. The fourth-order valence-electron chi connectivity index (χ4n) is 0.988. The van der Waals surface area contributed by atoms with Crippen LogP contribution in [-0.4, -0.2) is 22.8 Å². The van der Waals surface area contributed by atoms with Crippen LogP contribution in [0.4, 0.5) is 0 Å². The van der Waals surface area contributed by atoms with Gasteiger partial charge in [-0.25, -0.2) is 0 Å². The van der Waals surface area contributed by atoms with Crippen LogP contribution in [0, 0.1) is 0 Å². The fourth-order valence-corrected chi connectivity index (χ4v) is 0.988. The van der Waals surface area contributed by atoms with Crippen LogP contribution < -0.4 is 24.0 Å². The third-order valence-corrected chi connectivity index (χ3v) is 1.82. The summed E-state index contributed by atoms with van der Waals surface area (Å²) in [6.45, 7) is -0.903. The van der Waals surface area contributed by atoms with Crippen molar-refractivity contribution in [1.29, 1.82) is 0 Å². The molecule has 0 aromatic heterocycles. The van der Waals surface area contributed by atoms with E-state index in [1.165, 1.54) is 12.1 Å². The summed E-state index contributed by atoms with van der Waals surface area (Å²) in [5.41, 5.74) is -2.20. The molecule has 0 amide bonds. The smallest absolute Gasteiger partial charge is 0.547 e. The van der Waals surface area contributed by atoms with Gasteiger partial charge in [0.15, 0.2) is 5.60 Å². The Kier molecular flexibility index (Phi) is 4.89. The largest absolute Gasteiger partial charge is 1.00 e. The molecule has 0 radical (unpaired) electrons. The molecule has 0 heterocycles. The number of aliphatic hydroxyl groups is 2. The minimum absolute atomic E-state index is 0. The molecule has 0 aliphatic heterocycles. The molecule has 0 bridgehead atoms. The van der Waals surface area contributed by atoms with Gasteiger partial charge in [0.05, 0.1) is 12.6 Å². The number of carboxylic acid groups (broad SMARTS) is 1. The Bertz CT molecular complexity index is 301. The normalized spacial score (nSPS) is 13.9. The van der Waals surface area contributed by atoms with E-state index < -0.39 is 18.2 Å². The topological polar surface area (TPSA) is 80.6 Å². The fraction of sp³-hybridized carbons (Fsp3) is 0.222. The van der Waals surface area contributed by atoms with E-state index in [9.17, 15) is 15.0 Å². The predicted octanol–water partition coefficient (Wildman–Crippen LogP) is -4.38. The summed E-state index contributed by atoms with van der Waals surface area (Å²) in [5, 5.41) is 28.7. The van der Waals surface area contributed by atoms with Gasteiger partial charge in [-0.1, -0.05) is 30.3 Å². The van der Waals surface area contributed by atoms with Crippen molar-refractivity contribution >= 4 is 5.97 Å². The second-order valence-corrected chi connectivity index (χ2v) is 2.67. The van der Waals surface area contributed by atoms with Crippen LogP contribution in [0.5, 0.6) is 0 Å². The van der Waals surface area contributed by atoms with Crippen molar-refractivity contribution in [2.24, 2.45) is 0 Å². The van der Waals surface area contributed by atoms with E-state index in [0.29, 0.717) is 0 Å². The minimum Gasteiger partial charge on any atom is -0.547 e. The van der Waals surface area contributed by atoms with Gasteiger partial charge in [-0.15, -0.1) is 0 Å². The quantitative estimate of drug-likeness (QED) is 0.469. The zero-order valence-corrected chi connectivity index (χ0v) is 7.80. The van der Waals surface area contributed by atoms with Crippen LogP contribution in [0.3, 0.4) is 0 Å². The van der Waals surface area contributed by atoms with E-state index in [2.05, 4.69) is 0 Å². The van der Waals surface area contributed by atoms with Gasteiger partial charge in [-0.3, -0.25) is 0 Å². The van der Waals surface area contributed by atoms with Crippen molar-refractivity contribution in [2.45, 2.75) is 5.60 Å². The molecule has 0 fully saturated rings. The summed E-state index contributed by atoms with van der Waals surface area (Å²) in [6, 6.07) is 7.63. The van der Waals surface area contributed by atoms with Gasteiger partial charge in [0, 0.05) is 0 Å². The summed E-state index contributed by atoms with van der Waals surface area (Å²) in [4.78, 5) is 10.5. The van der Waals surface area contributed by atoms with Gasteiger partial charge in [0.25, 0.3) is 0 Å². The molecule has 5 heteroatoms. The van der Waals surface area contributed by atoms with E-state index in [1.54, 1.807) is 18.2 Å². The van der Waals surface area contributed by atoms with Crippen molar-refractivity contribution in [3.05, 3.63) is 35.9 Å². The molecule has 1 aromatic carbocycles. The summed E-state index contributed by atoms with van der Waals surface area (Å²) in [5.74, 6) is -1.71. The molecule has 1 aromatic rings. The van der Waals surface area contributed by atoms with Crippen LogP contribution in [0.1, 0.15) is 5.56 Å². The first kappa shape index (κ1) is 13.2. The summed E-state index contributed by atoms with van der Waals surface area (Å²) in [6.07, 6.45) is 0. The van der Waals surface area contributed by atoms with Gasteiger partial charge >= 0.3 is 18.9 Å². The number of hydrogen-bond donors (Lipinski definition) is 2. The first-order valence-corrected chi connectivity index (χ1v) is 3.71. The van der Waals surface area contributed by atoms with Gasteiger partial charge in [0.1, 0.15) is 0 Å². The molecular formula is C9H9LiO4. The third kappa shape index (κ3) is 2.37. The van der Waals surface area contributed by atoms with Crippen LogP contribution in [0.25, 0.3) is 0 Å². The second-order valence-electron chi connectivity index (χ2n) is 2.67. The van der Waals surface area contributed by atoms with Crippen LogP contribution in [-0.2, 0) is 10.4 Å². The second kappa shape index (κ2) is 5.18. The van der Waals surface area contributed by atoms with Crippen molar-refractivity contribution in [3.63, 3.8) is 0 Å². The molecule has 1 atom stereocenters. The van der Waals surface area contributed by atoms with Crippen molar-refractivity contribution in [1.82, 2.24) is 0 Å². The first-order chi connectivity index (χ1) is 6.11. The van der Waals surface area contributed by atoms with Crippen LogP contribution >= 0.6 is 0 Å². The number of rotatable bonds is 3. The number of benzene rings is 1. The molecular weight excluding hydrogens is 179 g/mol. The molecule has 0 spiro atoms. The molecule has 70 valence electrons. The molecule has 1 unspecified atom stereocenters. The number of carboxylic acids is 1. The molecule has 1 rings (SSSR count). The average molecular weight is 188 g/mol. The van der Waals surface area contributed by atoms with Crippen LogP contribution in [0.15, 0.2) is 30.3 Å². The first-order valence-electron chi connectivity index (χ1n) is 3.71. The Morgan fingerprint density at radius 3 is 2.21 bits per heavy atom. The number of carbonyl (C=O) groups is 1. The molecule has 14 heavy (non-hydrogen) atoms. The standard InChI is InChI=1S/C9H10O4.Li/c10-6-9(13,8(11)12)7-4-2-1-3-5-7;/h1-5,10,13H,6H2,(H,11,12);/q;+1/p-1. The third-order valence-electron chi connectivity index (χ3n) is 1.82. The Morgan fingerprint density at radius 1 is 1.36 bits per heavy atom. The summed E-state index contributed by atoms with van der Waals surface area (Å²) < 4.78 is 0. The van der Waals surface area contributed by atoms with Crippen molar-refractivity contribution in [2.75, 3.05) is 6.61 Å². The van der Waals surface area contributed by atoms with Gasteiger partial charge < -0.3 is 20.1 Å². The van der Waals surface area contributed by atoms with Gasteiger partial charge in [-0.2, -0.15) is 0 Å². The monoisotopic (exact) mass is 188 g/mol. The van der Waals surface area contributed by atoms with E-state index in [4.69, 9.17) is 5.11 Å². The Morgan fingerprint density at radius 2 is 1.86 bits per heavy atom. The van der Waals surface area contributed by atoms with E-state index in [0.717, 1.165) is 0 Å². The zero-order chi connectivity index (χ0) is 9.90.